The van der Waals surface area contributed by atoms with Gasteiger partial charge in [-0.05, 0) is 36.4 Å². The maximum absolute atomic E-state index is 12.8. The summed E-state index contributed by atoms with van der Waals surface area (Å²) in [6, 6.07) is 13.5. The zero-order valence-corrected chi connectivity index (χ0v) is 14.9. The summed E-state index contributed by atoms with van der Waals surface area (Å²) in [5.74, 6) is 0.0860. The van der Waals surface area contributed by atoms with E-state index in [4.69, 9.17) is 0 Å². The van der Waals surface area contributed by atoms with E-state index in [0.29, 0.717) is 19.6 Å². The van der Waals surface area contributed by atoms with Crippen molar-refractivity contribution in [3.63, 3.8) is 0 Å². The van der Waals surface area contributed by atoms with Crippen molar-refractivity contribution in [2.24, 2.45) is 0 Å². The van der Waals surface area contributed by atoms with Gasteiger partial charge in [0.15, 0.2) is 0 Å². The van der Waals surface area contributed by atoms with Gasteiger partial charge in [0, 0.05) is 38.8 Å². The van der Waals surface area contributed by atoms with Crippen molar-refractivity contribution in [3.8, 4) is 0 Å². The summed E-state index contributed by atoms with van der Waals surface area (Å²) < 4.78 is 38.5. The number of rotatable bonds is 2. The minimum Gasteiger partial charge on any atom is -0.362 e. The average molecular weight is 375 g/mol. The maximum atomic E-state index is 12.8. The fourth-order valence-electron chi connectivity index (χ4n) is 3.77. The fraction of sp³-hybridized carbons (Fsp3) is 0.350. The molecule has 142 valence electrons. The van der Waals surface area contributed by atoms with Gasteiger partial charge in [-0.3, -0.25) is 4.79 Å². The summed E-state index contributed by atoms with van der Waals surface area (Å²) in [4.78, 5) is 17.6. The van der Waals surface area contributed by atoms with Crippen LogP contribution in [0.5, 0.6) is 0 Å². The van der Waals surface area contributed by atoms with Crippen LogP contribution in [0.3, 0.4) is 0 Å². The lowest BCUT2D eigenvalue weighted by Gasteiger charge is -2.49. The molecule has 0 unspecified atom stereocenters. The molecular weight excluding hydrogens is 355 g/mol. The van der Waals surface area contributed by atoms with Crippen molar-refractivity contribution >= 4 is 23.0 Å². The standard InChI is InChI=1S/C20H20F3N3O/c1-14(27)24-12-17(13-24)26-11-10-25(18-4-2-3-5-19(18)26)16-8-6-15(7-9-16)20(21,22)23/h2-9,17H,10-13H2,1H3. The Kier molecular flexibility index (Phi) is 4.25. The summed E-state index contributed by atoms with van der Waals surface area (Å²) in [5.41, 5.74) is 2.13. The molecule has 1 amide bonds. The van der Waals surface area contributed by atoms with Crippen LogP contribution in [0.2, 0.25) is 0 Å². The molecule has 27 heavy (non-hydrogen) atoms. The van der Waals surface area contributed by atoms with E-state index in [1.54, 1.807) is 6.92 Å². The van der Waals surface area contributed by atoms with Crippen LogP contribution in [-0.4, -0.2) is 43.0 Å². The van der Waals surface area contributed by atoms with Crippen LogP contribution < -0.4 is 9.80 Å². The number of halogens is 3. The molecule has 0 aliphatic carbocycles. The third-order valence-corrected chi connectivity index (χ3v) is 5.30. The molecule has 2 aliphatic heterocycles. The highest BCUT2D eigenvalue weighted by atomic mass is 19.4. The molecule has 0 N–H and O–H groups in total. The number of anilines is 3. The normalized spacial score (nSPS) is 17.6. The van der Waals surface area contributed by atoms with Gasteiger partial charge in [0.25, 0.3) is 0 Å². The van der Waals surface area contributed by atoms with Crippen LogP contribution in [0, 0.1) is 0 Å². The number of nitrogens with zero attached hydrogens (tertiary/aromatic N) is 3. The second-order valence-corrected chi connectivity index (χ2v) is 6.96. The number of likely N-dealkylation sites (tertiary alicyclic amines) is 1. The van der Waals surface area contributed by atoms with Crippen LogP contribution in [0.1, 0.15) is 12.5 Å². The van der Waals surface area contributed by atoms with Crippen LogP contribution >= 0.6 is 0 Å². The number of carbonyl (C=O) groups excluding carboxylic acids is 1. The van der Waals surface area contributed by atoms with Crippen molar-refractivity contribution < 1.29 is 18.0 Å². The Balaban J connectivity index is 1.59. The minimum atomic E-state index is -4.33. The third kappa shape index (κ3) is 3.22. The zero-order valence-electron chi connectivity index (χ0n) is 14.9. The Morgan fingerprint density at radius 1 is 0.963 bits per heavy atom. The quantitative estimate of drug-likeness (QED) is 0.797. The average Bonchev–Trinajstić information content (AvgIpc) is 2.59. The molecule has 7 heteroatoms. The van der Waals surface area contributed by atoms with Gasteiger partial charge in [-0.15, -0.1) is 0 Å². The van der Waals surface area contributed by atoms with Gasteiger partial charge in [0.2, 0.25) is 5.91 Å². The summed E-state index contributed by atoms with van der Waals surface area (Å²) >= 11 is 0. The first kappa shape index (κ1) is 17.7. The van der Waals surface area contributed by atoms with Gasteiger partial charge in [-0.2, -0.15) is 13.2 Å². The monoisotopic (exact) mass is 375 g/mol. The van der Waals surface area contributed by atoms with Gasteiger partial charge >= 0.3 is 6.18 Å². The Bertz CT molecular complexity index is 844. The van der Waals surface area contributed by atoms with Gasteiger partial charge in [0.05, 0.1) is 23.0 Å². The fourth-order valence-corrected chi connectivity index (χ4v) is 3.77. The summed E-state index contributed by atoms with van der Waals surface area (Å²) in [6.45, 7) is 4.44. The Morgan fingerprint density at radius 3 is 2.19 bits per heavy atom. The molecule has 2 aromatic carbocycles. The summed E-state index contributed by atoms with van der Waals surface area (Å²) in [6.07, 6.45) is -4.33. The lowest BCUT2D eigenvalue weighted by atomic mass is 10.0. The molecule has 0 atom stereocenters. The molecule has 0 spiro atoms. The molecule has 0 aromatic heterocycles. The Morgan fingerprint density at radius 2 is 1.59 bits per heavy atom. The first-order valence-corrected chi connectivity index (χ1v) is 8.90. The van der Waals surface area contributed by atoms with Crippen LogP contribution in [0.25, 0.3) is 0 Å². The van der Waals surface area contributed by atoms with Crippen LogP contribution in [0.4, 0.5) is 30.2 Å². The lowest BCUT2D eigenvalue weighted by Crippen LogP contribution is -2.62. The largest absolute Gasteiger partial charge is 0.416 e. The van der Waals surface area contributed by atoms with E-state index in [1.165, 1.54) is 12.1 Å². The number of alkyl halides is 3. The van der Waals surface area contributed by atoms with Crippen molar-refractivity contribution in [1.29, 1.82) is 0 Å². The van der Waals surface area contributed by atoms with Gasteiger partial charge in [-0.25, -0.2) is 0 Å². The smallest absolute Gasteiger partial charge is 0.362 e. The molecule has 2 aliphatic rings. The molecule has 2 heterocycles. The number of hydrogen-bond donors (Lipinski definition) is 0. The minimum absolute atomic E-state index is 0.0860. The molecule has 4 rings (SSSR count). The molecule has 1 saturated heterocycles. The van der Waals surface area contributed by atoms with Crippen LogP contribution in [-0.2, 0) is 11.0 Å². The van der Waals surface area contributed by atoms with Crippen molar-refractivity contribution in [2.75, 3.05) is 36.0 Å². The number of amides is 1. The highest BCUT2D eigenvalue weighted by Gasteiger charge is 2.37. The molecule has 1 fully saturated rings. The zero-order chi connectivity index (χ0) is 19.2. The Labute approximate surface area is 155 Å². The first-order chi connectivity index (χ1) is 12.8. The topological polar surface area (TPSA) is 26.8 Å². The van der Waals surface area contributed by atoms with E-state index < -0.39 is 11.7 Å². The molecule has 0 radical (unpaired) electrons. The molecule has 2 aromatic rings. The van der Waals surface area contributed by atoms with E-state index in [2.05, 4.69) is 4.90 Å². The van der Waals surface area contributed by atoms with Gasteiger partial charge in [-0.1, -0.05) is 12.1 Å². The highest BCUT2D eigenvalue weighted by Crippen LogP contribution is 2.40. The maximum Gasteiger partial charge on any atom is 0.416 e. The van der Waals surface area contributed by atoms with Crippen molar-refractivity contribution in [1.82, 2.24) is 4.90 Å². The summed E-state index contributed by atoms with van der Waals surface area (Å²) in [5, 5.41) is 0. The highest BCUT2D eigenvalue weighted by molar-refractivity contribution is 5.80. The number of carbonyl (C=O) groups is 1. The van der Waals surface area contributed by atoms with Crippen molar-refractivity contribution in [3.05, 3.63) is 54.1 Å². The third-order valence-electron chi connectivity index (χ3n) is 5.30. The number of benzene rings is 2. The first-order valence-electron chi connectivity index (χ1n) is 8.90. The predicted octanol–water partition coefficient (Wildman–Crippen LogP) is 3.89. The predicted molar refractivity (Wildman–Crippen MR) is 98.3 cm³/mol. The van der Waals surface area contributed by atoms with E-state index in [-0.39, 0.29) is 11.9 Å². The molecule has 0 bridgehead atoms. The number of fused-ring (bicyclic) bond motifs is 1. The van der Waals surface area contributed by atoms with Gasteiger partial charge < -0.3 is 14.7 Å². The Hall–Kier alpha value is -2.70. The second kappa shape index (κ2) is 6.48. The molecule has 4 nitrogen and oxygen atoms in total. The van der Waals surface area contributed by atoms with E-state index in [1.807, 2.05) is 34.1 Å². The summed E-state index contributed by atoms with van der Waals surface area (Å²) in [7, 11) is 0. The lowest BCUT2D eigenvalue weighted by molar-refractivity contribution is -0.137. The molecule has 0 saturated carbocycles. The SMILES string of the molecule is CC(=O)N1CC(N2CCN(c3ccc(C(F)(F)F)cc3)c3ccccc32)C1. The molecular formula is C20H20F3N3O. The second-order valence-electron chi connectivity index (χ2n) is 6.96. The van der Waals surface area contributed by atoms with Crippen LogP contribution in [0.15, 0.2) is 48.5 Å². The van der Waals surface area contributed by atoms with Crippen molar-refractivity contribution in [2.45, 2.75) is 19.1 Å². The van der Waals surface area contributed by atoms with Gasteiger partial charge in [0.1, 0.15) is 0 Å². The number of hydrogen-bond acceptors (Lipinski definition) is 3. The van der Waals surface area contributed by atoms with E-state index in [9.17, 15) is 18.0 Å². The number of para-hydroxylation sites is 2. The van der Waals surface area contributed by atoms with E-state index in [0.717, 1.165) is 35.7 Å². The van der Waals surface area contributed by atoms with E-state index >= 15 is 0 Å².